The van der Waals surface area contributed by atoms with Gasteiger partial charge in [0.15, 0.2) is 0 Å². The highest BCUT2D eigenvalue weighted by atomic mass is 32.2. The molecule has 0 amide bonds. The lowest BCUT2D eigenvalue weighted by atomic mass is 9.51. The first-order valence-corrected chi connectivity index (χ1v) is 9.02. The van der Waals surface area contributed by atoms with Crippen LogP contribution in [0.25, 0.3) is 0 Å². The number of fused-ring (bicyclic) bond motifs is 2. The van der Waals surface area contributed by atoms with Crippen molar-refractivity contribution in [3.8, 4) is 0 Å². The summed E-state index contributed by atoms with van der Waals surface area (Å²) in [5.74, 6) is 0.827. The van der Waals surface area contributed by atoms with Crippen LogP contribution in [0.2, 0.25) is 0 Å². The Labute approximate surface area is 135 Å². The summed E-state index contributed by atoms with van der Waals surface area (Å²) in [4.78, 5) is 0. The summed E-state index contributed by atoms with van der Waals surface area (Å²) in [7, 11) is 0. The fraction of sp³-hybridized carbons (Fsp3) is 0.778. The fourth-order valence-electron chi connectivity index (χ4n) is 5.00. The Kier molecular flexibility index (Phi) is 3.65. The molecule has 0 aromatic heterocycles. The molecule has 3 aliphatic rings. The largest absolute Gasteiger partial charge is 0.157 e. The number of hydrogen-bond donors (Lipinski definition) is 2. The van der Waals surface area contributed by atoms with Crippen molar-refractivity contribution >= 4 is 25.3 Å². The Morgan fingerprint density at radius 2 is 1.85 bits per heavy atom. The van der Waals surface area contributed by atoms with E-state index in [2.05, 4.69) is 26.5 Å². The maximum Gasteiger partial charge on any atom is 0.0765 e. The van der Waals surface area contributed by atoms with Gasteiger partial charge in [-0.05, 0) is 73.7 Å². The van der Waals surface area contributed by atoms with Gasteiger partial charge in [0, 0.05) is 0 Å². The lowest BCUT2D eigenvalue weighted by Gasteiger charge is -2.55. The van der Waals surface area contributed by atoms with Crippen LogP contribution >= 0.6 is 25.3 Å². The third-order valence-electron chi connectivity index (χ3n) is 6.55. The molecule has 3 atom stereocenters. The van der Waals surface area contributed by atoms with Crippen LogP contribution in [0, 0.1) is 16.7 Å². The molecule has 0 nitrogen and oxygen atoms in total. The van der Waals surface area contributed by atoms with Gasteiger partial charge in [0.1, 0.15) is 0 Å². The second kappa shape index (κ2) is 4.84. The molecule has 0 aliphatic heterocycles. The van der Waals surface area contributed by atoms with Crippen molar-refractivity contribution in [2.75, 3.05) is 0 Å². The zero-order valence-corrected chi connectivity index (χ0v) is 14.7. The van der Waals surface area contributed by atoms with E-state index in [4.69, 9.17) is 25.3 Å². The van der Waals surface area contributed by atoms with Crippen molar-refractivity contribution in [3.63, 3.8) is 0 Å². The van der Waals surface area contributed by atoms with Gasteiger partial charge in [-0.1, -0.05) is 25.5 Å². The van der Waals surface area contributed by atoms with Gasteiger partial charge >= 0.3 is 0 Å². The molecular weight excluding hydrogens is 280 g/mol. The lowest BCUT2D eigenvalue weighted by Crippen LogP contribution is -2.44. The van der Waals surface area contributed by atoms with Crippen molar-refractivity contribution in [3.05, 3.63) is 23.8 Å². The summed E-state index contributed by atoms with van der Waals surface area (Å²) in [5, 5.41) is 0. The highest BCUT2D eigenvalue weighted by Crippen LogP contribution is 2.62. The molecule has 0 aromatic carbocycles. The molecule has 0 heterocycles. The molecule has 1 fully saturated rings. The van der Waals surface area contributed by atoms with E-state index in [1.807, 2.05) is 0 Å². The van der Waals surface area contributed by atoms with Crippen molar-refractivity contribution in [1.29, 1.82) is 0 Å². The average Bonchev–Trinajstić information content (AvgIpc) is 2.40. The molecule has 0 radical (unpaired) electrons. The second-order valence-corrected chi connectivity index (χ2v) is 9.72. The van der Waals surface area contributed by atoms with Crippen LogP contribution in [0.5, 0.6) is 0 Å². The van der Waals surface area contributed by atoms with Crippen LogP contribution in [-0.4, -0.2) is 4.08 Å². The smallest absolute Gasteiger partial charge is 0.0765 e. The molecule has 0 N–H and O–H groups in total. The lowest BCUT2D eigenvalue weighted by molar-refractivity contribution is 0.0635. The summed E-state index contributed by atoms with van der Waals surface area (Å²) in [6.07, 6.45) is 12.3. The normalized spacial score (nSPS) is 43.7. The van der Waals surface area contributed by atoms with E-state index >= 15 is 0 Å². The molecule has 1 saturated carbocycles. The predicted molar refractivity (Wildman–Crippen MR) is 94.6 cm³/mol. The monoisotopic (exact) mass is 308 g/mol. The van der Waals surface area contributed by atoms with E-state index in [0.29, 0.717) is 10.8 Å². The van der Waals surface area contributed by atoms with E-state index < -0.39 is 0 Å². The first kappa shape index (κ1) is 15.1. The Balaban J connectivity index is 1.98. The number of rotatable bonds is 1. The molecule has 1 unspecified atom stereocenters. The van der Waals surface area contributed by atoms with E-state index in [9.17, 15) is 0 Å². The van der Waals surface area contributed by atoms with Crippen LogP contribution in [0.15, 0.2) is 23.8 Å². The maximum absolute atomic E-state index is 4.88. The SMILES string of the molecule is C=C[C@@]1(C)CCC2(C)C3=C(CC[C@@H]2C1)C(S)(S)CCC3. The van der Waals surface area contributed by atoms with Gasteiger partial charge in [-0.15, -0.1) is 6.58 Å². The highest BCUT2D eigenvalue weighted by molar-refractivity contribution is 8.01. The minimum absolute atomic E-state index is 0.138. The minimum atomic E-state index is -0.138. The Morgan fingerprint density at radius 1 is 1.10 bits per heavy atom. The molecule has 0 bridgehead atoms. The first-order valence-electron chi connectivity index (χ1n) is 8.12. The van der Waals surface area contributed by atoms with Crippen LogP contribution < -0.4 is 0 Å². The summed E-state index contributed by atoms with van der Waals surface area (Å²) in [6.45, 7) is 9.00. The van der Waals surface area contributed by atoms with Gasteiger partial charge in [-0.2, -0.15) is 25.3 Å². The molecular formula is C18H28S2. The van der Waals surface area contributed by atoms with Gasteiger partial charge in [0.2, 0.25) is 0 Å². The van der Waals surface area contributed by atoms with Crippen molar-refractivity contribution in [2.24, 2.45) is 16.7 Å². The Hall–Kier alpha value is 0.180. The van der Waals surface area contributed by atoms with Crippen LogP contribution in [0.1, 0.15) is 65.2 Å². The zero-order valence-electron chi connectivity index (χ0n) is 12.9. The second-order valence-electron chi connectivity index (χ2n) is 7.84. The number of hydrogen-bond acceptors (Lipinski definition) is 2. The standard InChI is InChI=1S/C18H28S2/c1-4-16(2)10-11-17(3)13(12-16)7-8-15-14(17)6-5-9-18(15,19)20/h4,13,19-20H,1,5-12H2,2-3H3/t13-,16+,17?/m1/s1. The van der Waals surface area contributed by atoms with Gasteiger partial charge in [-0.25, -0.2) is 0 Å². The number of thiol groups is 2. The number of allylic oxidation sites excluding steroid dienone is 2. The van der Waals surface area contributed by atoms with E-state index in [0.717, 1.165) is 12.3 Å². The van der Waals surface area contributed by atoms with E-state index in [1.54, 1.807) is 11.1 Å². The summed E-state index contributed by atoms with van der Waals surface area (Å²) >= 11 is 9.75. The Morgan fingerprint density at radius 3 is 2.55 bits per heavy atom. The highest BCUT2D eigenvalue weighted by Gasteiger charge is 2.50. The van der Waals surface area contributed by atoms with Crippen LogP contribution in [0.4, 0.5) is 0 Å². The molecule has 0 spiro atoms. The van der Waals surface area contributed by atoms with Crippen molar-refractivity contribution < 1.29 is 0 Å². The zero-order chi connectivity index (χ0) is 14.6. The fourth-order valence-corrected chi connectivity index (χ4v) is 5.81. The maximum atomic E-state index is 4.88. The van der Waals surface area contributed by atoms with Crippen molar-refractivity contribution in [1.82, 2.24) is 0 Å². The summed E-state index contributed by atoms with van der Waals surface area (Å²) in [6, 6.07) is 0. The molecule has 112 valence electrons. The summed E-state index contributed by atoms with van der Waals surface area (Å²) < 4.78 is -0.138. The molecule has 0 saturated heterocycles. The third kappa shape index (κ3) is 2.22. The average molecular weight is 309 g/mol. The topological polar surface area (TPSA) is 0 Å². The van der Waals surface area contributed by atoms with E-state index in [-0.39, 0.29) is 4.08 Å². The van der Waals surface area contributed by atoms with Crippen molar-refractivity contribution in [2.45, 2.75) is 69.3 Å². The molecule has 20 heavy (non-hydrogen) atoms. The predicted octanol–water partition coefficient (Wildman–Crippen LogP) is 5.82. The van der Waals surface area contributed by atoms with Crippen LogP contribution in [0.3, 0.4) is 0 Å². The molecule has 0 aromatic rings. The Bertz CT molecular complexity index is 462. The van der Waals surface area contributed by atoms with E-state index in [1.165, 1.54) is 44.9 Å². The third-order valence-corrected chi connectivity index (χ3v) is 7.54. The minimum Gasteiger partial charge on any atom is -0.157 e. The van der Waals surface area contributed by atoms with Gasteiger partial charge in [-0.3, -0.25) is 0 Å². The quantitative estimate of drug-likeness (QED) is 0.340. The molecule has 2 heteroatoms. The van der Waals surface area contributed by atoms with Gasteiger partial charge in [0.05, 0.1) is 4.08 Å². The van der Waals surface area contributed by atoms with Gasteiger partial charge in [0.25, 0.3) is 0 Å². The molecule has 3 aliphatic carbocycles. The summed E-state index contributed by atoms with van der Waals surface area (Å²) in [5.41, 5.74) is 4.08. The molecule has 3 rings (SSSR count). The first-order chi connectivity index (χ1) is 9.31. The van der Waals surface area contributed by atoms with Crippen LogP contribution in [-0.2, 0) is 0 Å². The van der Waals surface area contributed by atoms with Gasteiger partial charge < -0.3 is 0 Å².